The van der Waals surface area contributed by atoms with Gasteiger partial charge in [-0.25, -0.2) is 23.7 Å². The number of nitrogens with one attached hydrogen (secondary N) is 1. The first-order chi connectivity index (χ1) is 18.6. The van der Waals surface area contributed by atoms with Gasteiger partial charge in [-0.05, 0) is 18.9 Å². The van der Waals surface area contributed by atoms with Gasteiger partial charge >= 0.3 is 6.30 Å². The average Bonchev–Trinajstić information content (AvgIpc) is 3.39. The fourth-order valence-corrected chi connectivity index (χ4v) is 4.43. The number of nitrogens with zero attached hydrogens (tertiary/aromatic N) is 6. The van der Waals surface area contributed by atoms with Gasteiger partial charge in [0.15, 0.2) is 5.82 Å². The molecule has 1 aromatic carbocycles. The Balaban J connectivity index is 1.51. The maximum Gasteiger partial charge on any atom is 0.504 e. The van der Waals surface area contributed by atoms with Crippen molar-refractivity contribution in [1.82, 2.24) is 24.7 Å². The van der Waals surface area contributed by atoms with Gasteiger partial charge in [0, 0.05) is 72.7 Å². The van der Waals surface area contributed by atoms with E-state index in [1.165, 1.54) is 25.6 Å². The molecule has 0 bridgehead atoms. The molecular formula is C25H23F5N8O. The maximum absolute atomic E-state index is 14.6. The van der Waals surface area contributed by atoms with Crippen molar-refractivity contribution >= 4 is 17.3 Å². The Morgan fingerprint density at radius 2 is 1.92 bits per heavy atom. The number of aromatic nitrogens is 5. The number of hydrogen-bond donors (Lipinski definition) is 2. The molecule has 0 aliphatic carbocycles. The summed E-state index contributed by atoms with van der Waals surface area (Å²) in [5, 5.41) is 6.47. The third-order valence-electron chi connectivity index (χ3n) is 6.21. The molecule has 0 saturated carbocycles. The molecule has 0 radical (unpaired) electrons. The lowest BCUT2D eigenvalue weighted by molar-refractivity contribution is -0.212. The van der Waals surface area contributed by atoms with Crippen LogP contribution in [0, 0.1) is 11.6 Å². The zero-order valence-corrected chi connectivity index (χ0v) is 20.6. The lowest BCUT2D eigenvalue weighted by Gasteiger charge is -2.34. The lowest BCUT2D eigenvalue weighted by Crippen LogP contribution is -2.43. The topological polar surface area (TPSA) is 107 Å². The smallest absolute Gasteiger partial charge is 0.496 e. The van der Waals surface area contributed by atoms with Gasteiger partial charge in [-0.3, -0.25) is 0 Å². The molecule has 5 rings (SSSR count). The van der Waals surface area contributed by atoms with Crippen LogP contribution in [0.4, 0.5) is 39.3 Å². The van der Waals surface area contributed by atoms with Gasteiger partial charge in [0.1, 0.15) is 29.0 Å². The fraction of sp³-hybridized carbons (Fsp3) is 0.280. The number of halogens is 5. The Kier molecular flexibility index (Phi) is 7.04. The Hall–Kier alpha value is -4.33. The van der Waals surface area contributed by atoms with Gasteiger partial charge in [-0.15, -0.1) is 13.2 Å². The second-order valence-corrected chi connectivity index (χ2v) is 8.93. The molecule has 9 nitrogen and oxygen atoms in total. The summed E-state index contributed by atoms with van der Waals surface area (Å²) in [5.74, 6) is -1.25. The van der Waals surface area contributed by atoms with Gasteiger partial charge in [0.2, 0.25) is 0 Å². The van der Waals surface area contributed by atoms with E-state index in [2.05, 4.69) is 25.4 Å². The molecule has 1 atom stereocenters. The van der Waals surface area contributed by atoms with Crippen LogP contribution in [0.3, 0.4) is 0 Å². The van der Waals surface area contributed by atoms with Gasteiger partial charge in [-0.1, -0.05) is 0 Å². The summed E-state index contributed by atoms with van der Waals surface area (Å²) < 4.78 is 72.8. The Labute approximate surface area is 219 Å². The highest BCUT2D eigenvalue weighted by Gasteiger charge is 2.32. The van der Waals surface area contributed by atoms with E-state index in [-0.39, 0.29) is 39.2 Å². The second kappa shape index (κ2) is 10.4. The standard InChI is InChI=1S/C25H23F5N8O/c1-39-20-8-15(26)7-18(27)23(20)24-32-5-4-21(36-24)35-22-9-19(37-6-2-3-16(31)13-37)17(11-33-22)14-10-34-38(12-14)25(28,29)30/h4-5,7-12,16H,2-3,6,13,31H2,1H3,(H,32,33,35,36)/t16-/m0/s1. The number of nitrogens with two attached hydrogens (primary N) is 1. The Morgan fingerprint density at radius 1 is 1.10 bits per heavy atom. The third kappa shape index (κ3) is 5.60. The summed E-state index contributed by atoms with van der Waals surface area (Å²) in [6.07, 6.45) is 1.86. The van der Waals surface area contributed by atoms with Crippen molar-refractivity contribution in [1.29, 1.82) is 0 Å². The van der Waals surface area contributed by atoms with Gasteiger partial charge < -0.3 is 20.7 Å². The van der Waals surface area contributed by atoms with E-state index >= 15 is 0 Å². The molecule has 204 valence electrons. The summed E-state index contributed by atoms with van der Waals surface area (Å²) in [7, 11) is 1.28. The largest absolute Gasteiger partial charge is 0.504 e. The van der Waals surface area contributed by atoms with E-state index < -0.39 is 17.9 Å². The van der Waals surface area contributed by atoms with Crippen LogP contribution >= 0.6 is 0 Å². The van der Waals surface area contributed by atoms with Crippen LogP contribution in [0.2, 0.25) is 0 Å². The molecule has 4 aromatic rings. The summed E-state index contributed by atoms with van der Waals surface area (Å²) >= 11 is 0. The van der Waals surface area contributed by atoms with Crippen LogP contribution in [0.25, 0.3) is 22.5 Å². The number of methoxy groups -OCH3 is 1. The first-order valence-electron chi connectivity index (χ1n) is 11.9. The van der Waals surface area contributed by atoms with E-state index in [1.54, 1.807) is 6.07 Å². The minimum absolute atomic E-state index is 0.0484. The zero-order chi connectivity index (χ0) is 27.7. The van der Waals surface area contributed by atoms with Crippen LogP contribution in [-0.2, 0) is 6.30 Å². The number of hydrogen-bond acceptors (Lipinski definition) is 8. The summed E-state index contributed by atoms with van der Waals surface area (Å²) in [6, 6.07) is 4.84. The van der Waals surface area contributed by atoms with Crippen molar-refractivity contribution in [3.05, 3.63) is 60.7 Å². The first-order valence-corrected chi connectivity index (χ1v) is 11.9. The highest BCUT2D eigenvalue weighted by atomic mass is 19.4. The summed E-state index contributed by atoms with van der Waals surface area (Å²) in [5.41, 5.74) is 7.36. The predicted molar refractivity (Wildman–Crippen MR) is 133 cm³/mol. The predicted octanol–water partition coefficient (Wildman–Crippen LogP) is 4.84. The fourth-order valence-electron chi connectivity index (χ4n) is 4.43. The van der Waals surface area contributed by atoms with Crippen molar-refractivity contribution in [3.8, 4) is 28.3 Å². The molecule has 1 saturated heterocycles. The number of piperidine rings is 1. The van der Waals surface area contributed by atoms with Crippen LogP contribution in [-0.4, -0.2) is 51.0 Å². The molecule has 1 aliphatic rings. The number of ether oxygens (including phenoxy) is 1. The van der Waals surface area contributed by atoms with E-state index in [9.17, 15) is 22.0 Å². The molecule has 39 heavy (non-hydrogen) atoms. The molecule has 3 N–H and O–H groups in total. The maximum atomic E-state index is 14.6. The number of anilines is 3. The number of benzene rings is 1. The second-order valence-electron chi connectivity index (χ2n) is 8.93. The van der Waals surface area contributed by atoms with E-state index in [1.807, 2.05) is 4.90 Å². The molecule has 1 aliphatic heterocycles. The molecular weight excluding hydrogens is 523 g/mol. The lowest BCUT2D eigenvalue weighted by atomic mass is 10.0. The number of rotatable bonds is 6. The van der Waals surface area contributed by atoms with Crippen molar-refractivity contribution < 1.29 is 26.7 Å². The average molecular weight is 547 g/mol. The van der Waals surface area contributed by atoms with E-state index in [0.29, 0.717) is 36.2 Å². The molecule has 4 heterocycles. The third-order valence-corrected chi connectivity index (χ3v) is 6.21. The van der Waals surface area contributed by atoms with Gasteiger partial charge in [-0.2, -0.15) is 9.78 Å². The van der Waals surface area contributed by atoms with Gasteiger partial charge in [0.05, 0.1) is 18.9 Å². The van der Waals surface area contributed by atoms with Crippen LogP contribution in [0.1, 0.15) is 12.8 Å². The SMILES string of the molecule is COc1cc(F)cc(F)c1-c1nccc(Nc2cc(N3CCC[C@H](N)C3)c(-c3cnn(C(F)(F)F)c3)cn2)n1. The van der Waals surface area contributed by atoms with Crippen molar-refractivity contribution in [3.63, 3.8) is 0 Å². The number of pyridine rings is 1. The monoisotopic (exact) mass is 546 g/mol. The zero-order valence-electron chi connectivity index (χ0n) is 20.6. The highest BCUT2D eigenvalue weighted by Crippen LogP contribution is 2.36. The van der Waals surface area contributed by atoms with Crippen molar-refractivity contribution in [2.24, 2.45) is 5.73 Å². The molecule has 1 fully saturated rings. The van der Waals surface area contributed by atoms with E-state index in [4.69, 9.17) is 10.5 Å². The van der Waals surface area contributed by atoms with Crippen LogP contribution < -0.4 is 20.7 Å². The molecule has 14 heteroatoms. The molecule has 3 aromatic heterocycles. The molecule has 0 spiro atoms. The Morgan fingerprint density at radius 3 is 2.64 bits per heavy atom. The minimum atomic E-state index is -4.65. The first kappa shape index (κ1) is 26.3. The number of alkyl halides is 3. The highest BCUT2D eigenvalue weighted by molar-refractivity contribution is 5.80. The summed E-state index contributed by atoms with van der Waals surface area (Å²) in [6.45, 7) is 1.16. The normalized spacial score (nSPS) is 15.9. The molecule has 0 amide bonds. The Bertz CT molecular complexity index is 1490. The van der Waals surface area contributed by atoms with E-state index in [0.717, 1.165) is 31.3 Å². The van der Waals surface area contributed by atoms with Crippen LogP contribution in [0.5, 0.6) is 5.75 Å². The molecule has 0 unspecified atom stereocenters. The quantitative estimate of drug-likeness (QED) is 0.331. The minimum Gasteiger partial charge on any atom is -0.496 e. The van der Waals surface area contributed by atoms with Gasteiger partial charge in [0.25, 0.3) is 0 Å². The van der Waals surface area contributed by atoms with Crippen LogP contribution in [0.15, 0.2) is 49.1 Å². The van der Waals surface area contributed by atoms with Crippen molar-refractivity contribution in [2.75, 3.05) is 30.4 Å². The van der Waals surface area contributed by atoms with Crippen molar-refractivity contribution in [2.45, 2.75) is 25.2 Å². The summed E-state index contributed by atoms with van der Waals surface area (Å²) in [4.78, 5) is 14.8.